The van der Waals surface area contributed by atoms with Gasteiger partial charge in [-0.05, 0) is 55.7 Å². The summed E-state index contributed by atoms with van der Waals surface area (Å²) >= 11 is 1.20. The molecule has 0 saturated carbocycles. The first kappa shape index (κ1) is 24.3. The first-order valence-corrected chi connectivity index (χ1v) is 13.3. The van der Waals surface area contributed by atoms with E-state index < -0.39 is 10.0 Å². The van der Waals surface area contributed by atoms with Gasteiger partial charge in [0.2, 0.25) is 21.8 Å². The van der Waals surface area contributed by atoms with E-state index in [-0.39, 0.29) is 28.2 Å². The first-order valence-electron chi connectivity index (χ1n) is 10.7. The van der Waals surface area contributed by atoms with Crippen LogP contribution in [0.25, 0.3) is 0 Å². The Morgan fingerprint density at radius 1 is 0.875 bits per heavy atom. The second-order valence-corrected chi connectivity index (χ2v) is 10.7. The summed E-state index contributed by atoms with van der Waals surface area (Å²) in [6.07, 6.45) is 3.82. The summed E-state index contributed by atoms with van der Waals surface area (Å²) in [5.41, 5.74) is 2.20. The van der Waals surface area contributed by atoms with Gasteiger partial charge in [-0.25, -0.2) is 8.42 Å². The predicted molar refractivity (Wildman–Crippen MR) is 129 cm³/mol. The second-order valence-electron chi connectivity index (χ2n) is 7.80. The Hall–Kier alpha value is -2.36. The van der Waals surface area contributed by atoms with Gasteiger partial charge in [0.25, 0.3) is 0 Å². The van der Waals surface area contributed by atoms with Gasteiger partial charge in [0.15, 0.2) is 0 Å². The average molecular weight is 476 g/mol. The maximum Gasteiger partial charge on any atom is 0.243 e. The molecule has 0 bridgehead atoms. The van der Waals surface area contributed by atoms with Gasteiger partial charge < -0.3 is 10.6 Å². The van der Waals surface area contributed by atoms with Crippen molar-refractivity contribution in [1.29, 1.82) is 0 Å². The third-order valence-electron chi connectivity index (χ3n) is 5.09. The first-order chi connectivity index (χ1) is 15.3. The largest absolute Gasteiger partial charge is 0.325 e. The number of anilines is 2. The number of nitrogens with zero attached hydrogens (tertiary/aromatic N) is 1. The standard InChI is InChI=1S/C23H29N3O4S2/c1-18-8-6-9-19(14-18)24-22(27)16-31-17-23(28)25-20-10-7-11-21(15-20)32(29,30)26-12-4-2-3-5-13-26/h6-11,14-15H,2-5,12-13,16-17H2,1H3,(H,24,27)(H,25,28). The topological polar surface area (TPSA) is 95.6 Å². The maximum absolute atomic E-state index is 13.0. The molecule has 0 aliphatic carbocycles. The summed E-state index contributed by atoms with van der Waals surface area (Å²) in [4.78, 5) is 24.5. The lowest BCUT2D eigenvalue weighted by Gasteiger charge is -2.20. The van der Waals surface area contributed by atoms with Gasteiger partial charge in [-0.2, -0.15) is 4.31 Å². The van der Waals surface area contributed by atoms with Gasteiger partial charge in [0.1, 0.15) is 0 Å². The molecule has 9 heteroatoms. The van der Waals surface area contributed by atoms with Crippen LogP contribution in [0, 0.1) is 6.92 Å². The molecule has 2 aromatic carbocycles. The van der Waals surface area contributed by atoms with Crippen LogP contribution in [0.1, 0.15) is 31.2 Å². The monoisotopic (exact) mass is 475 g/mol. The van der Waals surface area contributed by atoms with Crippen LogP contribution in [0.3, 0.4) is 0 Å². The summed E-state index contributed by atoms with van der Waals surface area (Å²) in [5.74, 6) is -0.239. The molecule has 7 nitrogen and oxygen atoms in total. The number of benzene rings is 2. The molecule has 1 fully saturated rings. The summed E-state index contributed by atoms with van der Waals surface area (Å²) in [6.45, 7) is 3.00. The fourth-order valence-electron chi connectivity index (χ4n) is 3.52. The molecule has 0 spiro atoms. The van der Waals surface area contributed by atoms with Crippen LogP contribution in [0.5, 0.6) is 0 Å². The van der Waals surface area contributed by atoms with Crippen molar-refractivity contribution >= 4 is 45.0 Å². The molecule has 1 saturated heterocycles. The van der Waals surface area contributed by atoms with Gasteiger partial charge in [-0.1, -0.05) is 31.0 Å². The molecule has 172 valence electrons. The van der Waals surface area contributed by atoms with Crippen molar-refractivity contribution in [3.05, 3.63) is 54.1 Å². The zero-order valence-corrected chi connectivity index (χ0v) is 19.8. The number of nitrogens with one attached hydrogen (secondary N) is 2. The van der Waals surface area contributed by atoms with Crippen LogP contribution in [0.15, 0.2) is 53.4 Å². The third kappa shape index (κ3) is 7.08. The third-order valence-corrected chi connectivity index (χ3v) is 7.92. The number of carbonyl (C=O) groups excluding carboxylic acids is 2. The van der Waals surface area contributed by atoms with Crippen molar-refractivity contribution in [3.8, 4) is 0 Å². The fourth-order valence-corrected chi connectivity index (χ4v) is 5.70. The molecular formula is C23H29N3O4S2. The van der Waals surface area contributed by atoms with E-state index in [1.807, 2.05) is 31.2 Å². The molecule has 0 unspecified atom stereocenters. The maximum atomic E-state index is 13.0. The Kier molecular flexibility index (Phi) is 8.72. The van der Waals surface area contributed by atoms with Gasteiger partial charge >= 0.3 is 0 Å². The number of rotatable bonds is 8. The van der Waals surface area contributed by atoms with E-state index in [2.05, 4.69) is 10.6 Å². The Morgan fingerprint density at radius 3 is 2.03 bits per heavy atom. The van der Waals surface area contributed by atoms with Crippen molar-refractivity contribution < 1.29 is 18.0 Å². The Bertz CT molecular complexity index is 1050. The Balaban J connectivity index is 1.50. The molecule has 0 aromatic heterocycles. The van der Waals surface area contributed by atoms with Gasteiger partial charge in [0.05, 0.1) is 16.4 Å². The highest BCUT2D eigenvalue weighted by molar-refractivity contribution is 8.00. The molecule has 32 heavy (non-hydrogen) atoms. The highest BCUT2D eigenvalue weighted by Crippen LogP contribution is 2.23. The number of aryl methyl sites for hydroxylation is 1. The molecule has 0 atom stereocenters. The van der Waals surface area contributed by atoms with E-state index in [0.717, 1.165) is 36.9 Å². The Labute approximate surface area is 194 Å². The fraction of sp³-hybridized carbons (Fsp3) is 0.391. The van der Waals surface area contributed by atoms with Crippen LogP contribution in [0.2, 0.25) is 0 Å². The molecule has 1 heterocycles. The van der Waals surface area contributed by atoms with E-state index in [4.69, 9.17) is 0 Å². The smallest absolute Gasteiger partial charge is 0.243 e. The van der Waals surface area contributed by atoms with E-state index in [0.29, 0.717) is 18.8 Å². The molecule has 2 N–H and O–H groups in total. The highest BCUT2D eigenvalue weighted by atomic mass is 32.2. The molecule has 2 amide bonds. The normalized spacial score (nSPS) is 15.0. The van der Waals surface area contributed by atoms with Crippen molar-refractivity contribution in [1.82, 2.24) is 4.31 Å². The lowest BCUT2D eigenvalue weighted by Crippen LogP contribution is -2.32. The average Bonchev–Trinajstić information content (AvgIpc) is 3.04. The quantitative estimate of drug-likeness (QED) is 0.604. The van der Waals surface area contributed by atoms with Gasteiger partial charge in [0, 0.05) is 24.5 Å². The van der Waals surface area contributed by atoms with Crippen LogP contribution in [-0.2, 0) is 19.6 Å². The van der Waals surface area contributed by atoms with E-state index in [1.54, 1.807) is 18.2 Å². The minimum absolute atomic E-state index is 0.0876. The predicted octanol–water partition coefficient (Wildman–Crippen LogP) is 3.87. The van der Waals surface area contributed by atoms with E-state index in [9.17, 15) is 18.0 Å². The van der Waals surface area contributed by atoms with Crippen LogP contribution >= 0.6 is 11.8 Å². The van der Waals surface area contributed by atoms with Gasteiger partial charge in [-0.15, -0.1) is 11.8 Å². The number of carbonyl (C=O) groups is 2. The number of hydrogen-bond donors (Lipinski definition) is 2. The molecule has 1 aliphatic heterocycles. The zero-order valence-electron chi connectivity index (χ0n) is 18.2. The molecule has 0 radical (unpaired) electrons. The van der Waals surface area contributed by atoms with Gasteiger partial charge in [-0.3, -0.25) is 9.59 Å². The zero-order chi connectivity index (χ0) is 23.0. The Morgan fingerprint density at radius 2 is 1.44 bits per heavy atom. The summed E-state index contributed by atoms with van der Waals surface area (Å²) in [5, 5.41) is 5.53. The molecular weight excluding hydrogens is 446 g/mol. The SMILES string of the molecule is Cc1cccc(NC(=O)CSCC(=O)Nc2cccc(S(=O)(=O)N3CCCCCC3)c2)c1. The van der Waals surface area contributed by atoms with Crippen molar-refractivity contribution in [3.63, 3.8) is 0 Å². The summed E-state index contributed by atoms with van der Waals surface area (Å²) in [6, 6.07) is 13.8. The minimum atomic E-state index is -3.58. The lowest BCUT2D eigenvalue weighted by molar-refractivity contribution is -0.114. The second kappa shape index (κ2) is 11.5. The summed E-state index contributed by atoms with van der Waals surface area (Å²) < 4.78 is 27.5. The number of hydrogen-bond acceptors (Lipinski definition) is 5. The molecule has 3 rings (SSSR count). The van der Waals surface area contributed by atoms with Crippen LogP contribution in [0.4, 0.5) is 11.4 Å². The molecule has 1 aliphatic rings. The van der Waals surface area contributed by atoms with Crippen LogP contribution < -0.4 is 10.6 Å². The summed E-state index contributed by atoms with van der Waals surface area (Å²) in [7, 11) is -3.58. The number of sulfonamides is 1. The minimum Gasteiger partial charge on any atom is -0.325 e. The number of amides is 2. The van der Waals surface area contributed by atoms with E-state index >= 15 is 0 Å². The number of thioether (sulfide) groups is 1. The van der Waals surface area contributed by atoms with Crippen molar-refractivity contribution in [2.75, 3.05) is 35.2 Å². The van der Waals surface area contributed by atoms with Crippen LogP contribution in [-0.4, -0.2) is 49.1 Å². The highest BCUT2D eigenvalue weighted by Gasteiger charge is 2.25. The van der Waals surface area contributed by atoms with Crippen molar-refractivity contribution in [2.45, 2.75) is 37.5 Å². The lowest BCUT2D eigenvalue weighted by atomic mass is 10.2. The van der Waals surface area contributed by atoms with Crippen molar-refractivity contribution in [2.24, 2.45) is 0 Å². The van der Waals surface area contributed by atoms with E-state index in [1.165, 1.54) is 22.1 Å². The molecule has 2 aromatic rings.